The molecule has 16 heavy (non-hydrogen) atoms. The molecular weight excluding hydrogens is 220 g/mol. The van der Waals surface area contributed by atoms with Crippen molar-refractivity contribution in [2.24, 2.45) is 0 Å². The molecule has 0 saturated heterocycles. The summed E-state index contributed by atoms with van der Waals surface area (Å²) in [6.45, 7) is 0. The van der Waals surface area contributed by atoms with E-state index in [0.29, 0.717) is 6.41 Å². The highest BCUT2D eigenvalue weighted by atomic mass is 19.2. The summed E-state index contributed by atoms with van der Waals surface area (Å²) >= 11 is 0. The normalized spacial score (nSPS) is 11.9. The quantitative estimate of drug-likeness (QED) is 0.746. The van der Waals surface area contributed by atoms with E-state index < -0.39 is 30.1 Å². The second kappa shape index (κ2) is 5.20. The number of hydrogen-bond acceptors (Lipinski definition) is 2. The summed E-state index contributed by atoms with van der Waals surface area (Å²) in [5.41, 5.74) is 0.202. The van der Waals surface area contributed by atoms with Gasteiger partial charge in [-0.3, -0.25) is 9.59 Å². The maximum atomic E-state index is 12.9. The van der Waals surface area contributed by atoms with Crippen LogP contribution in [0.3, 0.4) is 0 Å². The van der Waals surface area contributed by atoms with E-state index in [1.807, 2.05) is 0 Å². The number of carboxylic acid groups (broad SMARTS) is 1. The van der Waals surface area contributed by atoms with Gasteiger partial charge in [0, 0.05) is 0 Å². The van der Waals surface area contributed by atoms with Crippen molar-refractivity contribution in [3.63, 3.8) is 0 Å². The second-order valence-corrected chi connectivity index (χ2v) is 3.11. The lowest BCUT2D eigenvalue weighted by Crippen LogP contribution is -2.22. The van der Waals surface area contributed by atoms with Crippen molar-refractivity contribution in [2.45, 2.75) is 12.5 Å². The first-order valence-corrected chi connectivity index (χ1v) is 4.41. The highest BCUT2D eigenvalue weighted by molar-refractivity contribution is 5.68. The summed E-state index contributed by atoms with van der Waals surface area (Å²) in [7, 11) is 0. The van der Waals surface area contributed by atoms with Gasteiger partial charge < -0.3 is 10.4 Å². The minimum atomic E-state index is -1.15. The van der Waals surface area contributed by atoms with Crippen molar-refractivity contribution in [2.75, 3.05) is 0 Å². The van der Waals surface area contributed by atoms with Gasteiger partial charge in [-0.05, 0) is 17.7 Å². The predicted octanol–water partition coefficient (Wildman–Crippen LogP) is 1.23. The maximum Gasteiger partial charge on any atom is 0.305 e. The molecule has 0 aliphatic carbocycles. The molecule has 0 aliphatic heterocycles. The Balaban J connectivity index is 2.95. The van der Waals surface area contributed by atoms with Crippen molar-refractivity contribution in [3.05, 3.63) is 35.4 Å². The molecule has 0 fully saturated rings. The van der Waals surface area contributed by atoms with Crippen LogP contribution in [0.1, 0.15) is 18.0 Å². The van der Waals surface area contributed by atoms with Crippen LogP contribution in [0.25, 0.3) is 0 Å². The summed E-state index contributed by atoms with van der Waals surface area (Å²) < 4.78 is 25.5. The van der Waals surface area contributed by atoms with Gasteiger partial charge in [0.25, 0.3) is 0 Å². The molecule has 1 amide bonds. The zero-order valence-electron chi connectivity index (χ0n) is 8.11. The fourth-order valence-electron chi connectivity index (χ4n) is 1.26. The van der Waals surface area contributed by atoms with Crippen LogP contribution in [-0.2, 0) is 9.59 Å². The number of nitrogens with one attached hydrogen (secondary N) is 1. The van der Waals surface area contributed by atoms with Crippen LogP contribution in [0.4, 0.5) is 8.78 Å². The number of rotatable bonds is 5. The Morgan fingerprint density at radius 3 is 2.62 bits per heavy atom. The minimum absolute atomic E-state index is 0.202. The highest BCUT2D eigenvalue weighted by Gasteiger charge is 2.16. The molecule has 2 N–H and O–H groups in total. The second-order valence-electron chi connectivity index (χ2n) is 3.11. The standard InChI is InChI=1S/C10H9F2NO3/c11-7-2-1-6(3-8(7)12)9(13-5-14)4-10(15)16/h1-3,5,9H,4H2,(H,13,14)(H,15,16). The number of halogens is 2. The van der Waals surface area contributed by atoms with E-state index in [1.54, 1.807) is 0 Å². The van der Waals surface area contributed by atoms with E-state index >= 15 is 0 Å². The van der Waals surface area contributed by atoms with Gasteiger partial charge in [-0.15, -0.1) is 0 Å². The number of carbonyl (C=O) groups is 2. The summed E-state index contributed by atoms with van der Waals surface area (Å²) in [5, 5.41) is 10.8. The van der Waals surface area contributed by atoms with Crippen LogP contribution in [0, 0.1) is 11.6 Å². The topological polar surface area (TPSA) is 66.4 Å². The summed E-state index contributed by atoms with van der Waals surface area (Å²) in [5.74, 6) is -3.26. The van der Waals surface area contributed by atoms with Gasteiger partial charge >= 0.3 is 5.97 Å². The molecule has 0 saturated carbocycles. The van der Waals surface area contributed by atoms with Gasteiger partial charge in [-0.25, -0.2) is 8.78 Å². The molecule has 0 aromatic heterocycles. The predicted molar refractivity (Wildman–Crippen MR) is 50.6 cm³/mol. The smallest absolute Gasteiger partial charge is 0.305 e. The highest BCUT2D eigenvalue weighted by Crippen LogP contribution is 2.18. The third kappa shape index (κ3) is 3.01. The summed E-state index contributed by atoms with van der Waals surface area (Å²) in [4.78, 5) is 20.7. The average molecular weight is 229 g/mol. The van der Waals surface area contributed by atoms with Crippen molar-refractivity contribution in [3.8, 4) is 0 Å². The Hall–Kier alpha value is -1.98. The molecule has 0 spiro atoms. The molecule has 86 valence electrons. The first-order valence-electron chi connectivity index (χ1n) is 4.41. The van der Waals surface area contributed by atoms with Gasteiger partial charge in [-0.2, -0.15) is 0 Å². The Bertz CT molecular complexity index is 409. The fraction of sp³-hybridized carbons (Fsp3) is 0.200. The van der Waals surface area contributed by atoms with Crippen LogP contribution in [0.5, 0.6) is 0 Å². The zero-order chi connectivity index (χ0) is 12.1. The van der Waals surface area contributed by atoms with Crippen LogP contribution in [-0.4, -0.2) is 17.5 Å². The zero-order valence-corrected chi connectivity index (χ0v) is 8.11. The van der Waals surface area contributed by atoms with Crippen LogP contribution in [0.2, 0.25) is 0 Å². The first-order chi connectivity index (χ1) is 7.54. The van der Waals surface area contributed by atoms with Gasteiger partial charge in [0.2, 0.25) is 6.41 Å². The Kier molecular flexibility index (Phi) is 3.93. The Morgan fingerprint density at radius 2 is 2.12 bits per heavy atom. The third-order valence-corrected chi connectivity index (χ3v) is 1.99. The Morgan fingerprint density at radius 1 is 1.44 bits per heavy atom. The van der Waals surface area contributed by atoms with Gasteiger partial charge in [0.1, 0.15) is 0 Å². The number of amides is 1. The largest absolute Gasteiger partial charge is 0.481 e. The number of benzene rings is 1. The lowest BCUT2D eigenvalue weighted by atomic mass is 10.0. The lowest BCUT2D eigenvalue weighted by Gasteiger charge is -2.14. The molecule has 0 bridgehead atoms. The molecule has 0 radical (unpaired) electrons. The van der Waals surface area contributed by atoms with Crippen LogP contribution in [0.15, 0.2) is 18.2 Å². The Labute approximate surface area is 89.9 Å². The fourth-order valence-corrected chi connectivity index (χ4v) is 1.26. The molecule has 4 nitrogen and oxygen atoms in total. The molecule has 0 heterocycles. The summed E-state index contributed by atoms with van der Waals surface area (Å²) in [6.07, 6.45) is -0.0846. The van der Waals surface area contributed by atoms with E-state index in [-0.39, 0.29) is 5.56 Å². The SMILES string of the molecule is O=CNC(CC(=O)O)c1ccc(F)c(F)c1. The molecule has 1 rings (SSSR count). The van der Waals surface area contributed by atoms with E-state index in [1.165, 1.54) is 6.07 Å². The number of carboxylic acids is 1. The van der Waals surface area contributed by atoms with Gasteiger partial charge in [0.05, 0.1) is 12.5 Å². The molecule has 1 aromatic rings. The van der Waals surface area contributed by atoms with Gasteiger partial charge in [-0.1, -0.05) is 6.07 Å². The summed E-state index contributed by atoms with van der Waals surface area (Å²) in [6, 6.07) is 2.10. The molecular formula is C10H9F2NO3. The third-order valence-electron chi connectivity index (χ3n) is 1.99. The van der Waals surface area contributed by atoms with Crippen molar-refractivity contribution < 1.29 is 23.5 Å². The molecule has 6 heteroatoms. The average Bonchev–Trinajstić information content (AvgIpc) is 2.21. The van der Waals surface area contributed by atoms with Crippen molar-refractivity contribution in [1.29, 1.82) is 0 Å². The molecule has 1 aromatic carbocycles. The molecule has 1 atom stereocenters. The number of aliphatic carboxylic acids is 1. The van der Waals surface area contributed by atoms with E-state index in [0.717, 1.165) is 12.1 Å². The van der Waals surface area contributed by atoms with E-state index in [9.17, 15) is 18.4 Å². The van der Waals surface area contributed by atoms with Crippen molar-refractivity contribution in [1.82, 2.24) is 5.32 Å². The number of hydrogen-bond donors (Lipinski definition) is 2. The van der Waals surface area contributed by atoms with E-state index in [2.05, 4.69) is 5.32 Å². The van der Waals surface area contributed by atoms with Crippen molar-refractivity contribution >= 4 is 12.4 Å². The molecule has 0 aliphatic rings. The lowest BCUT2D eigenvalue weighted by molar-refractivity contribution is -0.137. The maximum absolute atomic E-state index is 12.9. The van der Waals surface area contributed by atoms with E-state index in [4.69, 9.17) is 5.11 Å². The monoisotopic (exact) mass is 229 g/mol. The first kappa shape index (κ1) is 12.1. The minimum Gasteiger partial charge on any atom is -0.481 e. The van der Waals surface area contributed by atoms with Crippen LogP contribution >= 0.6 is 0 Å². The van der Waals surface area contributed by atoms with Gasteiger partial charge in [0.15, 0.2) is 11.6 Å². The van der Waals surface area contributed by atoms with Crippen LogP contribution < -0.4 is 5.32 Å². The number of carbonyl (C=O) groups excluding carboxylic acids is 1. The molecule has 1 unspecified atom stereocenters.